The van der Waals surface area contributed by atoms with E-state index in [2.05, 4.69) is 34.5 Å². The van der Waals surface area contributed by atoms with Crippen molar-refractivity contribution in [2.75, 3.05) is 4.90 Å². The first-order valence-corrected chi connectivity index (χ1v) is 15.1. The molecule has 0 unspecified atom stereocenters. The summed E-state index contributed by atoms with van der Waals surface area (Å²) in [6.07, 6.45) is 0. The molecule has 0 saturated heterocycles. The van der Waals surface area contributed by atoms with Crippen LogP contribution in [-0.2, 0) is 10.5 Å². The van der Waals surface area contributed by atoms with Crippen molar-refractivity contribution >= 4 is 73.3 Å². The Morgan fingerprint density at radius 2 is 1.69 bits per heavy atom. The highest BCUT2D eigenvalue weighted by Gasteiger charge is 2.46. The normalized spacial score (nSPS) is 15.3. The average molecular weight is 610 g/mol. The van der Waals surface area contributed by atoms with Crippen molar-refractivity contribution in [3.63, 3.8) is 0 Å². The summed E-state index contributed by atoms with van der Waals surface area (Å²) in [5.74, 6) is -1.30. The van der Waals surface area contributed by atoms with Crippen molar-refractivity contribution in [2.45, 2.75) is 16.1 Å². The number of hydrogen-bond donors (Lipinski definition) is 1. The maximum absolute atomic E-state index is 13.8. The molecule has 206 valence electrons. The molecule has 2 aromatic heterocycles. The van der Waals surface area contributed by atoms with E-state index < -0.39 is 23.5 Å². The third-order valence-electron chi connectivity index (χ3n) is 7.12. The molecule has 0 saturated carbocycles. The highest BCUT2D eigenvalue weighted by atomic mass is 35.5. The number of carbonyl (C=O) groups excluding carboxylic acids is 2. The highest BCUT2D eigenvalue weighted by Crippen LogP contribution is 2.44. The molecule has 10 heteroatoms. The van der Waals surface area contributed by atoms with Crippen LogP contribution in [0.5, 0.6) is 0 Å². The van der Waals surface area contributed by atoms with Crippen LogP contribution in [0, 0.1) is 0 Å². The summed E-state index contributed by atoms with van der Waals surface area (Å²) in [5.41, 5.74) is 2.17. The van der Waals surface area contributed by atoms with Gasteiger partial charge in [0.1, 0.15) is 5.58 Å². The van der Waals surface area contributed by atoms with Gasteiger partial charge < -0.3 is 9.52 Å². The van der Waals surface area contributed by atoms with Crippen LogP contribution in [0.1, 0.15) is 27.7 Å². The van der Waals surface area contributed by atoms with E-state index in [1.807, 2.05) is 30.3 Å². The first kappa shape index (κ1) is 26.5. The number of benzene rings is 4. The third kappa shape index (κ3) is 4.65. The molecule has 1 aliphatic rings. The van der Waals surface area contributed by atoms with E-state index in [1.54, 1.807) is 42.5 Å². The first-order chi connectivity index (χ1) is 20.5. The van der Waals surface area contributed by atoms with Crippen molar-refractivity contribution in [3.05, 3.63) is 130 Å². The second-order valence-corrected chi connectivity index (χ2v) is 12.3. The fourth-order valence-corrected chi connectivity index (χ4v) is 7.14. The van der Waals surface area contributed by atoms with E-state index in [0.717, 1.165) is 21.7 Å². The van der Waals surface area contributed by atoms with Crippen LogP contribution in [0.15, 0.2) is 117 Å². The van der Waals surface area contributed by atoms with Crippen LogP contribution in [0.4, 0.5) is 5.13 Å². The van der Waals surface area contributed by atoms with Crippen LogP contribution in [0.3, 0.4) is 0 Å². The predicted octanol–water partition coefficient (Wildman–Crippen LogP) is 8.17. The Morgan fingerprint density at radius 3 is 2.50 bits per heavy atom. The number of para-hydroxylation sites is 1. The number of thioether (sulfide) groups is 1. The summed E-state index contributed by atoms with van der Waals surface area (Å²) in [6.45, 7) is 0. The number of rotatable bonds is 7. The lowest BCUT2D eigenvalue weighted by molar-refractivity contribution is -0.117. The lowest BCUT2D eigenvalue weighted by Crippen LogP contribution is -2.31. The minimum absolute atomic E-state index is 0.0231. The number of ketones is 1. The second kappa shape index (κ2) is 10.8. The molecule has 1 aliphatic heterocycles. The topological polar surface area (TPSA) is 96.5 Å². The van der Waals surface area contributed by atoms with Gasteiger partial charge in [-0.2, -0.15) is 0 Å². The van der Waals surface area contributed by atoms with Gasteiger partial charge in [0, 0.05) is 16.2 Å². The molecule has 42 heavy (non-hydrogen) atoms. The zero-order chi connectivity index (χ0) is 28.8. The highest BCUT2D eigenvalue weighted by molar-refractivity contribution is 8.00. The SMILES string of the molecule is O=C(C1=C(O)C(=O)N(c2nnc(SCc3cccc4ccccc34)s2)[C@H]1c1ccc(Cl)cc1)c1cc2ccccc2o1. The maximum atomic E-state index is 13.8. The number of hydrogen-bond acceptors (Lipinski definition) is 8. The number of furan rings is 1. The molecule has 3 heterocycles. The monoisotopic (exact) mass is 609 g/mol. The second-order valence-electron chi connectivity index (χ2n) is 9.65. The van der Waals surface area contributed by atoms with Gasteiger partial charge in [0.25, 0.3) is 5.91 Å². The van der Waals surface area contributed by atoms with Gasteiger partial charge >= 0.3 is 0 Å². The molecule has 0 radical (unpaired) electrons. The van der Waals surface area contributed by atoms with Crippen molar-refractivity contribution in [2.24, 2.45) is 0 Å². The fraction of sp³-hybridized carbons (Fsp3) is 0.0625. The number of fused-ring (bicyclic) bond motifs is 2. The van der Waals surface area contributed by atoms with Crippen LogP contribution < -0.4 is 4.90 Å². The zero-order valence-corrected chi connectivity index (χ0v) is 24.1. The quantitative estimate of drug-likeness (QED) is 0.111. The van der Waals surface area contributed by atoms with Gasteiger partial charge in [-0.3, -0.25) is 14.5 Å². The molecule has 1 amide bonds. The summed E-state index contributed by atoms with van der Waals surface area (Å²) in [5, 5.41) is 23.5. The van der Waals surface area contributed by atoms with Gasteiger partial charge in [-0.25, -0.2) is 0 Å². The van der Waals surface area contributed by atoms with Crippen molar-refractivity contribution < 1.29 is 19.1 Å². The fourth-order valence-electron chi connectivity index (χ4n) is 5.14. The van der Waals surface area contributed by atoms with Gasteiger partial charge in [0.2, 0.25) is 10.9 Å². The number of Topliss-reactive ketones (excluding diaryl/α,β-unsaturated/α-hetero) is 1. The predicted molar refractivity (Wildman–Crippen MR) is 165 cm³/mol. The molecule has 0 bridgehead atoms. The summed E-state index contributed by atoms with van der Waals surface area (Å²) in [7, 11) is 0. The minimum Gasteiger partial charge on any atom is -0.503 e. The van der Waals surface area contributed by atoms with E-state index in [0.29, 0.717) is 26.3 Å². The number of halogens is 1. The number of carbonyl (C=O) groups is 2. The molecular weight excluding hydrogens is 590 g/mol. The van der Waals surface area contributed by atoms with Crippen molar-refractivity contribution in [1.29, 1.82) is 0 Å². The molecule has 0 aliphatic carbocycles. The van der Waals surface area contributed by atoms with Crippen molar-refractivity contribution in [3.8, 4) is 0 Å². The standard InChI is InChI=1S/C32H20ClN3O4S2/c33-22-14-12-19(13-15-22)27-26(28(37)25-16-20-7-2-4-11-24(20)40-25)29(38)30(39)36(27)31-34-35-32(42-31)41-17-21-9-5-8-18-6-1-3-10-23(18)21/h1-16,27,38H,17H2/t27-/m0/s1. The Bertz CT molecular complexity index is 1990. The molecule has 0 fully saturated rings. The molecule has 7 rings (SSSR count). The Balaban J connectivity index is 1.23. The van der Waals surface area contributed by atoms with E-state index in [1.165, 1.54) is 28.0 Å². The van der Waals surface area contributed by atoms with Crippen LogP contribution >= 0.6 is 34.7 Å². The molecule has 4 aromatic carbocycles. The van der Waals surface area contributed by atoms with Gasteiger partial charge in [-0.05, 0) is 46.2 Å². The maximum Gasteiger partial charge on any atom is 0.296 e. The number of anilines is 1. The van der Waals surface area contributed by atoms with Gasteiger partial charge in [0.05, 0.1) is 11.6 Å². The summed E-state index contributed by atoms with van der Waals surface area (Å²) in [6, 6.07) is 29.0. The van der Waals surface area contributed by atoms with Crippen LogP contribution in [-0.4, -0.2) is 27.0 Å². The summed E-state index contributed by atoms with van der Waals surface area (Å²) >= 11 is 8.88. The summed E-state index contributed by atoms with van der Waals surface area (Å²) in [4.78, 5) is 28.7. The summed E-state index contributed by atoms with van der Waals surface area (Å²) < 4.78 is 6.45. The first-order valence-electron chi connectivity index (χ1n) is 13.0. The molecule has 1 N–H and O–H groups in total. The Kier molecular flexibility index (Phi) is 6.78. The molecule has 0 spiro atoms. The Labute approximate surface area is 253 Å². The Hall–Kier alpha value is -4.44. The molecule has 6 aromatic rings. The van der Waals surface area contributed by atoms with E-state index in [9.17, 15) is 14.7 Å². The van der Waals surface area contributed by atoms with E-state index >= 15 is 0 Å². The number of aliphatic hydroxyl groups is 1. The average Bonchev–Trinajstić information content (AvgIpc) is 3.73. The number of nitrogens with zero attached hydrogens (tertiary/aromatic N) is 3. The van der Waals surface area contributed by atoms with Gasteiger partial charge in [-0.15, -0.1) is 10.2 Å². The van der Waals surface area contributed by atoms with E-state index in [-0.39, 0.29) is 16.5 Å². The number of aliphatic hydroxyl groups excluding tert-OH is 1. The molecular formula is C32H20ClN3O4S2. The number of aromatic nitrogens is 2. The van der Waals surface area contributed by atoms with Crippen molar-refractivity contribution in [1.82, 2.24) is 10.2 Å². The van der Waals surface area contributed by atoms with Crippen LogP contribution in [0.25, 0.3) is 21.7 Å². The van der Waals surface area contributed by atoms with Gasteiger partial charge in [-0.1, -0.05) is 107 Å². The zero-order valence-electron chi connectivity index (χ0n) is 21.7. The van der Waals surface area contributed by atoms with E-state index in [4.69, 9.17) is 16.0 Å². The Morgan fingerprint density at radius 1 is 0.952 bits per heavy atom. The lowest BCUT2D eigenvalue weighted by atomic mass is 9.95. The van der Waals surface area contributed by atoms with Gasteiger partial charge in [0.15, 0.2) is 15.9 Å². The molecule has 7 nitrogen and oxygen atoms in total. The number of amides is 1. The lowest BCUT2D eigenvalue weighted by Gasteiger charge is -2.23. The largest absolute Gasteiger partial charge is 0.503 e. The molecule has 1 atom stereocenters. The van der Waals surface area contributed by atoms with Crippen LogP contribution in [0.2, 0.25) is 5.02 Å². The third-order valence-corrected chi connectivity index (χ3v) is 9.48. The minimum atomic E-state index is -0.959. The smallest absolute Gasteiger partial charge is 0.296 e.